The van der Waals surface area contributed by atoms with Crippen molar-refractivity contribution in [3.05, 3.63) is 21.9 Å². The van der Waals surface area contributed by atoms with Crippen molar-refractivity contribution in [3.63, 3.8) is 0 Å². The van der Waals surface area contributed by atoms with Crippen LogP contribution in [0.25, 0.3) is 0 Å². The molecule has 104 valence electrons. The molecule has 2 atom stereocenters. The van der Waals surface area contributed by atoms with Crippen LogP contribution < -0.4 is 15.2 Å². The molecule has 0 bridgehead atoms. The Morgan fingerprint density at radius 3 is 3.00 bits per heavy atom. The summed E-state index contributed by atoms with van der Waals surface area (Å²) in [4.78, 5) is 2.14. The second-order valence-electron chi connectivity index (χ2n) is 5.11. The van der Waals surface area contributed by atoms with E-state index in [1.807, 2.05) is 7.05 Å². The van der Waals surface area contributed by atoms with Crippen molar-refractivity contribution >= 4 is 15.9 Å². The van der Waals surface area contributed by atoms with Gasteiger partial charge in [-0.15, -0.1) is 0 Å². The predicted octanol–water partition coefficient (Wildman–Crippen LogP) is 2.27. The van der Waals surface area contributed by atoms with Crippen LogP contribution in [-0.2, 0) is 0 Å². The second-order valence-corrected chi connectivity index (χ2v) is 5.97. The first-order valence-electron chi connectivity index (χ1n) is 6.29. The third-order valence-corrected chi connectivity index (χ3v) is 4.55. The molecule has 19 heavy (non-hydrogen) atoms. The molecular formula is C13H16BrFN2O2. The number of benzene rings is 1. The summed E-state index contributed by atoms with van der Waals surface area (Å²) in [7, 11) is 2.00. The molecule has 0 saturated carbocycles. The first-order valence-corrected chi connectivity index (χ1v) is 7.09. The Bertz CT molecular complexity index is 512. The molecular weight excluding hydrogens is 315 g/mol. The Kier molecular flexibility index (Phi) is 3.41. The van der Waals surface area contributed by atoms with Gasteiger partial charge in [-0.2, -0.15) is 0 Å². The van der Waals surface area contributed by atoms with Gasteiger partial charge in [-0.05, 0) is 32.0 Å². The molecule has 0 radical (unpaired) electrons. The molecule has 2 heterocycles. The van der Waals surface area contributed by atoms with E-state index in [1.165, 1.54) is 0 Å². The van der Waals surface area contributed by atoms with Crippen LogP contribution in [0.5, 0.6) is 11.5 Å². The monoisotopic (exact) mass is 330 g/mol. The number of likely N-dealkylation sites (tertiary alicyclic amines) is 1. The first-order chi connectivity index (χ1) is 9.11. The highest BCUT2D eigenvalue weighted by Gasteiger charge is 2.35. The van der Waals surface area contributed by atoms with Gasteiger partial charge < -0.3 is 15.2 Å². The van der Waals surface area contributed by atoms with E-state index in [0.717, 1.165) is 17.4 Å². The van der Waals surface area contributed by atoms with Crippen molar-refractivity contribution in [2.75, 3.05) is 26.9 Å². The summed E-state index contributed by atoms with van der Waals surface area (Å²) in [5.41, 5.74) is 6.37. The van der Waals surface area contributed by atoms with Gasteiger partial charge >= 0.3 is 0 Å². The third-order valence-electron chi connectivity index (χ3n) is 3.89. The minimum Gasteiger partial charge on any atom is -0.453 e. The fraction of sp³-hybridized carbons (Fsp3) is 0.538. The normalized spacial score (nSPS) is 26.1. The summed E-state index contributed by atoms with van der Waals surface area (Å²) in [5, 5.41) is 0. The van der Waals surface area contributed by atoms with Crippen molar-refractivity contribution in [2.45, 2.75) is 12.5 Å². The molecule has 0 aliphatic carbocycles. The van der Waals surface area contributed by atoms with Crippen molar-refractivity contribution in [2.24, 2.45) is 11.7 Å². The lowest BCUT2D eigenvalue weighted by Crippen LogP contribution is -2.21. The first kappa shape index (κ1) is 13.1. The summed E-state index contributed by atoms with van der Waals surface area (Å²) < 4.78 is 25.8. The Morgan fingerprint density at radius 1 is 1.53 bits per heavy atom. The molecule has 4 nitrogen and oxygen atoms in total. The van der Waals surface area contributed by atoms with Crippen LogP contribution in [-0.4, -0.2) is 31.8 Å². The van der Waals surface area contributed by atoms with Gasteiger partial charge in [-0.25, -0.2) is 4.39 Å². The SMILES string of the molecule is CN1CC(CN)CC1c1c(Br)cc2c(c1F)OCO2. The fourth-order valence-electron chi connectivity index (χ4n) is 2.91. The predicted molar refractivity (Wildman–Crippen MR) is 72.8 cm³/mol. The fourth-order valence-corrected chi connectivity index (χ4v) is 3.55. The molecule has 6 heteroatoms. The molecule has 0 amide bonds. The van der Waals surface area contributed by atoms with Gasteiger partial charge in [0.05, 0.1) is 0 Å². The zero-order valence-electron chi connectivity index (χ0n) is 10.7. The Hall–Kier alpha value is -0.850. The van der Waals surface area contributed by atoms with Gasteiger partial charge in [0.25, 0.3) is 0 Å². The summed E-state index contributed by atoms with van der Waals surface area (Å²) in [6.45, 7) is 1.60. The number of rotatable bonds is 2. The summed E-state index contributed by atoms with van der Waals surface area (Å²) in [5.74, 6) is 0.773. The number of hydrogen-bond acceptors (Lipinski definition) is 4. The van der Waals surface area contributed by atoms with E-state index in [-0.39, 0.29) is 24.4 Å². The zero-order chi connectivity index (χ0) is 13.6. The second kappa shape index (κ2) is 4.92. The lowest BCUT2D eigenvalue weighted by molar-refractivity contribution is 0.170. The van der Waals surface area contributed by atoms with E-state index in [4.69, 9.17) is 15.2 Å². The maximum Gasteiger partial charge on any atom is 0.231 e. The largest absolute Gasteiger partial charge is 0.453 e. The molecule has 1 aromatic rings. The van der Waals surface area contributed by atoms with Crippen molar-refractivity contribution in [1.82, 2.24) is 4.90 Å². The molecule has 0 aromatic heterocycles. The molecule has 2 unspecified atom stereocenters. The molecule has 2 aliphatic rings. The highest BCUT2D eigenvalue weighted by Crippen LogP contribution is 2.46. The summed E-state index contributed by atoms with van der Waals surface area (Å²) in [6.07, 6.45) is 0.863. The van der Waals surface area contributed by atoms with Gasteiger partial charge in [0.1, 0.15) is 0 Å². The molecule has 3 rings (SSSR count). The summed E-state index contributed by atoms with van der Waals surface area (Å²) >= 11 is 3.45. The van der Waals surface area contributed by atoms with Crippen LogP contribution in [0.1, 0.15) is 18.0 Å². The minimum atomic E-state index is -0.323. The Morgan fingerprint density at radius 2 is 2.32 bits per heavy atom. The van der Waals surface area contributed by atoms with Crippen LogP contribution in [0.4, 0.5) is 4.39 Å². The molecule has 1 fully saturated rings. The number of nitrogens with zero attached hydrogens (tertiary/aromatic N) is 1. The van der Waals surface area contributed by atoms with E-state index in [1.54, 1.807) is 6.07 Å². The molecule has 0 spiro atoms. The van der Waals surface area contributed by atoms with E-state index in [9.17, 15) is 4.39 Å². The summed E-state index contributed by atoms with van der Waals surface area (Å²) in [6, 6.07) is 1.81. The van der Waals surface area contributed by atoms with Crippen molar-refractivity contribution in [3.8, 4) is 11.5 Å². The van der Waals surface area contributed by atoms with E-state index < -0.39 is 0 Å². The lowest BCUT2D eigenvalue weighted by atomic mass is 9.99. The lowest BCUT2D eigenvalue weighted by Gasteiger charge is -2.22. The highest BCUT2D eigenvalue weighted by atomic mass is 79.9. The smallest absolute Gasteiger partial charge is 0.231 e. The quantitative estimate of drug-likeness (QED) is 0.903. The Labute approximate surface area is 119 Å². The third kappa shape index (κ3) is 2.11. The van der Waals surface area contributed by atoms with Crippen LogP contribution in [0.15, 0.2) is 10.5 Å². The molecule has 2 N–H and O–H groups in total. The van der Waals surface area contributed by atoms with Crippen molar-refractivity contribution < 1.29 is 13.9 Å². The van der Waals surface area contributed by atoms with E-state index >= 15 is 0 Å². The number of fused-ring (bicyclic) bond motifs is 1. The number of halogens is 2. The standard InChI is InChI=1S/C13H16BrFN2O2/c1-17-5-7(4-16)2-9(17)11-8(14)3-10-13(12(11)15)19-6-18-10/h3,7,9H,2,4-6,16H2,1H3. The maximum atomic E-state index is 14.6. The average molecular weight is 331 g/mol. The van der Waals surface area contributed by atoms with Gasteiger partial charge in [0, 0.05) is 22.6 Å². The van der Waals surface area contributed by atoms with Crippen LogP contribution in [0, 0.1) is 11.7 Å². The van der Waals surface area contributed by atoms with Crippen LogP contribution in [0.3, 0.4) is 0 Å². The number of nitrogens with two attached hydrogens (primary N) is 1. The van der Waals surface area contributed by atoms with Crippen LogP contribution >= 0.6 is 15.9 Å². The molecule has 2 aliphatic heterocycles. The van der Waals surface area contributed by atoms with Gasteiger partial charge in [0.15, 0.2) is 11.6 Å². The number of ether oxygens (including phenoxy) is 2. The Balaban J connectivity index is 2.01. The zero-order valence-corrected chi connectivity index (χ0v) is 12.2. The van der Waals surface area contributed by atoms with Gasteiger partial charge in [-0.3, -0.25) is 4.90 Å². The van der Waals surface area contributed by atoms with Crippen LogP contribution in [0.2, 0.25) is 0 Å². The maximum absolute atomic E-state index is 14.6. The minimum absolute atomic E-state index is 0.0254. The topological polar surface area (TPSA) is 47.7 Å². The average Bonchev–Trinajstić information content (AvgIpc) is 2.96. The highest BCUT2D eigenvalue weighted by molar-refractivity contribution is 9.10. The van der Waals surface area contributed by atoms with E-state index in [0.29, 0.717) is 23.8 Å². The van der Waals surface area contributed by atoms with Gasteiger partial charge in [0.2, 0.25) is 12.5 Å². The van der Waals surface area contributed by atoms with Gasteiger partial charge in [-0.1, -0.05) is 15.9 Å². The van der Waals surface area contributed by atoms with Crippen molar-refractivity contribution in [1.29, 1.82) is 0 Å². The molecule has 1 aromatic carbocycles. The number of hydrogen-bond donors (Lipinski definition) is 1. The molecule has 1 saturated heterocycles. The van der Waals surface area contributed by atoms with E-state index in [2.05, 4.69) is 20.8 Å².